The second-order valence-electron chi connectivity index (χ2n) is 8.28. The minimum atomic E-state index is 0.909. The minimum Gasteiger partial charge on any atom is -0.244 e. The van der Waals surface area contributed by atoms with E-state index in [-0.39, 0.29) is 0 Å². The maximum absolute atomic E-state index is 5.07. The molecule has 154 valence electrons. The molecule has 0 fully saturated rings. The van der Waals surface area contributed by atoms with Gasteiger partial charge in [0.1, 0.15) is 0 Å². The van der Waals surface area contributed by atoms with Gasteiger partial charge in [-0.2, -0.15) is 0 Å². The van der Waals surface area contributed by atoms with Gasteiger partial charge in [-0.05, 0) is 47.2 Å². The van der Waals surface area contributed by atoms with Crippen molar-refractivity contribution in [1.29, 1.82) is 0 Å². The molecule has 0 saturated carbocycles. The molecule has 2 nitrogen and oxygen atoms in total. The molecule has 0 bridgehead atoms. The lowest BCUT2D eigenvalue weighted by molar-refractivity contribution is 1.29. The van der Waals surface area contributed by atoms with Gasteiger partial charge >= 0.3 is 0 Å². The Kier molecular flexibility index (Phi) is 4.05. The Hall–Kier alpha value is -4.08. The van der Waals surface area contributed by atoms with Crippen molar-refractivity contribution in [3.8, 4) is 22.5 Å². The Morgan fingerprint density at radius 3 is 1.97 bits per heavy atom. The molecule has 5 aromatic carbocycles. The molecular formula is C30H18N2S. The quantitative estimate of drug-likeness (QED) is 0.270. The number of hydrogen-bond acceptors (Lipinski definition) is 3. The second-order valence-corrected chi connectivity index (χ2v) is 9.37. The zero-order valence-corrected chi connectivity index (χ0v) is 18.5. The number of nitrogens with zero attached hydrogens (tertiary/aromatic N) is 2. The van der Waals surface area contributed by atoms with E-state index in [4.69, 9.17) is 9.97 Å². The Morgan fingerprint density at radius 2 is 1.15 bits per heavy atom. The van der Waals surface area contributed by atoms with Gasteiger partial charge in [0.05, 0.1) is 22.4 Å². The Morgan fingerprint density at radius 1 is 0.455 bits per heavy atom. The van der Waals surface area contributed by atoms with Gasteiger partial charge in [-0.15, -0.1) is 11.3 Å². The fourth-order valence-electron chi connectivity index (χ4n) is 4.61. The van der Waals surface area contributed by atoms with E-state index in [1.54, 1.807) is 0 Å². The molecule has 0 atom stereocenters. The van der Waals surface area contributed by atoms with Crippen LogP contribution >= 0.6 is 11.3 Å². The summed E-state index contributed by atoms with van der Waals surface area (Å²) in [6.45, 7) is 0. The summed E-state index contributed by atoms with van der Waals surface area (Å²) in [4.78, 5) is 10.1. The lowest BCUT2D eigenvalue weighted by atomic mass is 9.99. The molecule has 0 amide bonds. The third-order valence-corrected chi connectivity index (χ3v) is 7.36. The summed E-state index contributed by atoms with van der Waals surface area (Å²) >= 11 is 1.86. The molecule has 7 rings (SSSR count). The van der Waals surface area contributed by atoms with Gasteiger partial charge < -0.3 is 0 Å². The summed E-state index contributed by atoms with van der Waals surface area (Å²) in [5, 5.41) is 5.10. The van der Waals surface area contributed by atoms with E-state index >= 15 is 0 Å². The van der Waals surface area contributed by atoms with Crippen LogP contribution in [0, 0.1) is 0 Å². The smallest absolute Gasteiger partial charge is 0.0973 e. The second kappa shape index (κ2) is 7.22. The standard InChI is InChI=1S/C30H18N2S/c1-2-8-19(9-3-1)29-30(32-26-12-6-5-11-25(26)31-29)21-15-14-20-18-28-24(17-22(20)16-21)23-10-4-7-13-27(23)33-28/h1-18H. The van der Waals surface area contributed by atoms with Gasteiger partial charge in [0, 0.05) is 31.3 Å². The normalized spacial score (nSPS) is 11.6. The molecule has 33 heavy (non-hydrogen) atoms. The zero-order chi connectivity index (χ0) is 21.8. The van der Waals surface area contributed by atoms with Crippen LogP contribution in [0.5, 0.6) is 0 Å². The number of benzene rings is 5. The summed E-state index contributed by atoms with van der Waals surface area (Å²) in [5.41, 5.74) is 5.80. The molecule has 3 heteroatoms. The van der Waals surface area contributed by atoms with Crippen molar-refractivity contribution in [2.45, 2.75) is 0 Å². The van der Waals surface area contributed by atoms with Crippen molar-refractivity contribution < 1.29 is 0 Å². The van der Waals surface area contributed by atoms with Gasteiger partial charge in [-0.3, -0.25) is 0 Å². The highest BCUT2D eigenvalue weighted by Crippen LogP contribution is 2.38. The summed E-state index contributed by atoms with van der Waals surface area (Å²) in [5.74, 6) is 0. The molecule has 0 saturated heterocycles. The van der Waals surface area contributed by atoms with Crippen molar-refractivity contribution in [3.05, 3.63) is 109 Å². The summed E-state index contributed by atoms with van der Waals surface area (Å²) < 4.78 is 2.65. The Bertz CT molecular complexity index is 1820. The number of para-hydroxylation sites is 2. The number of rotatable bonds is 2. The molecule has 0 unspecified atom stereocenters. The molecule has 7 aromatic rings. The maximum Gasteiger partial charge on any atom is 0.0973 e. The van der Waals surface area contributed by atoms with Gasteiger partial charge in [0.2, 0.25) is 0 Å². The summed E-state index contributed by atoms with van der Waals surface area (Å²) in [6.07, 6.45) is 0. The predicted molar refractivity (Wildman–Crippen MR) is 141 cm³/mol. The molecular weight excluding hydrogens is 420 g/mol. The molecule has 0 spiro atoms. The van der Waals surface area contributed by atoms with E-state index in [1.165, 1.54) is 30.9 Å². The van der Waals surface area contributed by atoms with Crippen LogP contribution in [0.25, 0.3) is 64.5 Å². The molecule has 0 aliphatic rings. The van der Waals surface area contributed by atoms with Crippen molar-refractivity contribution in [2.24, 2.45) is 0 Å². The van der Waals surface area contributed by atoms with E-state index in [9.17, 15) is 0 Å². The first-order chi connectivity index (χ1) is 16.3. The predicted octanol–water partition coefficient (Wildman–Crippen LogP) is 8.48. The first kappa shape index (κ1) is 18.5. The van der Waals surface area contributed by atoms with Crippen LogP contribution < -0.4 is 0 Å². The lowest BCUT2D eigenvalue weighted by Crippen LogP contribution is -1.95. The fraction of sp³-hybridized carbons (Fsp3) is 0. The average molecular weight is 439 g/mol. The van der Waals surface area contributed by atoms with Crippen molar-refractivity contribution >= 4 is 53.3 Å². The lowest BCUT2D eigenvalue weighted by Gasteiger charge is -2.11. The highest BCUT2D eigenvalue weighted by atomic mass is 32.1. The van der Waals surface area contributed by atoms with Crippen LogP contribution in [0.4, 0.5) is 0 Å². The summed E-state index contributed by atoms with van der Waals surface area (Å²) in [7, 11) is 0. The molecule has 0 radical (unpaired) electrons. The third kappa shape index (κ3) is 3.01. The molecule has 0 N–H and O–H groups in total. The van der Waals surface area contributed by atoms with Crippen LogP contribution in [0.15, 0.2) is 109 Å². The average Bonchev–Trinajstić information content (AvgIpc) is 3.24. The first-order valence-electron chi connectivity index (χ1n) is 11.0. The van der Waals surface area contributed by atoms with Crippen molar-refractivity contribution in [2.75, 3.05) is 0 Å². The Labute approximate surface area is 194 Å². The molecule has 2 heterocycles. The monoisotopic (exact) mass is 438 g/mol. The van der Waals surface area contributed by atoms with Crippen LogP contribution in [0.1, 0.15) is 0 Å². The molecule has 0 aliphatic heterocycles. The number of aromatic nitrogens is 2. The number of thiophene rings is 1. The van der Waals surface area contributed by atoms with Crippen LogP contribution in [-0.2, 0) is 0 Å². The Balaban J connectivity index is 1.50. The third-order valence-electron chi connectivity index (χ3n) is 6.23. The van der Waals surface area contributed by atoms with Crippen LogP contribution in [0.2, 0.25) is 0 Å². The topological polar surface area (TPSA) is 25.8 Å². The van der Waals surface area contributed by atoms with Crippen molar-refractivity contribution in [1.82, 2.24) is 9.97 Å². The van der Waals surface area contributed by atoms with Gasteiger partial charge in [-0.25, -0.2) is 9.97 Å². The van der Waals surface area contributed by atoms with E-state index in [0.717, 1.165) is 33.5 Å². The van der Waals surface area contributed by atoms with E-state index in [2.05, 4.69) is 78.9 Å². The van der Waals surface area contributed by atoms with Crippen LogP contribution in [0.3, 0.4) is 0 Å². The van der Waals surface area contributed by atoms with Crippen LogP contribution in [-0.4, -0.2) is 9.97 Å². The van der Waals surface area contributed by atoms with E-state index in [1.807, 2.05) is 41.7 Å². The highest BCUT2D eigenvalue weighted by Gasteiger charge is 2.14. The van der Waals surface area contributed by atoms with E-state index < -0.39 is 0 Å². The van der Waals surface area contributed by atoms with Gasteiger partial charge in [0.25, 0.3) is 0 Å². The minimum absolute atomic E-state index is 0.909. The van der Waals surface area contributed by atoms with Gasteiger partial charge in [0.15, 0.2) is 0 Å². The fourth-order valence-corrected chi connectivity index (χ4v) is 5.75. The number of fused-ring (bicyclic) bond motifs is 5. The van der Waals surface area contributed by atoms with Gasteiger partial charge in [-0.1, -0.05) is 72.8 Å². The molecule has 0 aliphatic carbocycles. The highest BCUT2D eigenvalue weighted by molar-refractivity contribution is 7.25. The SMILES string of the molecule is c1ccc(-c2nc3ccccc3nc2-c2ccc3cc4sc5ccccc5c4cc3c2)cc1. The van der Waals surface area contributed by atoms with E-state index in [0.29, 0.717) is 0 Å². The zero-order valence-electron chi connectivity index (χ0n) is 17.7. The molecule has 2 aromatic heterocycles. The summed E-state index contributed by atoms with van der Waals surface area (Å²) in [6, 6.07) is 38.3. The maximum atomic E-state index is 5.07. The number of hydrogen-bond donors (Lipinski definition) is 0. The first-order valence-corrected chi connectivity index (χ1v) is 11.8. The van der Waals surface area contributed by atoms with Crippen molar-refractivity contribution in [3.63, 3.8) is 0 Å². The largest absolute Gasteiger partial charge is 0.244 e.